The molecule has 5 rings (SSSR count). The molecule has 0 atom stereocenters. The molecule has 0 saturated carbocycles. The summed E-state index contributed by atoms with van der Waals surface area (Å²) in [5, 5.41) is 5.52. The van der Waals surface area contributed by atoms with E-state index in [1.54, 1.807) is 60.7 Å². The standard InChI is InChI=1S/C26H16BrN3O4S/c27-16-10-8-15(9-11-16)21-12-13-22(34-21)23(31)29-26(35)28-17-4-3-5-18(14-17)30-24(32)19-6-1-2-7-20(19)25(30)33/h1-14H,(H2,28,29,31,35). The van der Waals surface area contributed by atoms with Crippen molar-refractivity contribution in [2.45, 2.75) is 0 Å². The second-order valence-corrected chi connectivity index (χ2v) is 8.94. The molecule has 0 spiro atoms. The van der Waals surface area contributed by atoms with E-state index in [1.807, 2.05) is 24.3 Å². The van der Waals surface area contributed by atoms with Crippen LogP contribution in [-0.2, 0) is 0 Å². The number of benzene rings is 3. The van der Waals surface area contributed by atoms with Gasteiger partial charge in [0.25, 0.3) is 17.7 Å². The topological polar surface area (TPSA) is 91.7 Å². The van der Waals surface area contributed by atoms with Gasteiger partial charge in [-0.3, -0.25) is 19.7 Å². The number of imide groups is 1. The molecule has 4 aromatic rings. The van der Waals surface area contributed by atoms with Gasteiger partial charge in [-0.25, -0.2) is 4.90 Å². The predicted octanol–water partition coefficient (Wildman–Crippen LogP) is 5.64. The summed E-state index contributed by atoms with van der Waals surface area (Å²) in [5.41, 5.74) is 2.44. The number of hydrogen-bond acceptors (Lipinski definition) is 5. The van der Waals surface area contributed by atoms with Crippen molar-refractivity contribution in [3.05, 3.63) is 106 Å². The summed E-state index contributed by atoms with van der Waals surface area (Å²) in [7, 11) is 0. The van der Waals surface area contributed by atoms with Crippen LogP contribution < -0.4 is 15.5 Å². The Kier molecular flexibility index (Phi) is 6.02. The Labute approximate surface area is 213 Å². The first-order valence-corrected chi connectivity index (χ1v) is 11.7. The lowest BCUT2D eigenvalue weighted by atomic mass is 10.1. The molecule has 0 fully saturated rings. The van der Waals surface area contributed by atoms with Crippen molar-refractivity contribution in [2.24, 2.45) is 0 Å². The molecule has 3 amide bonds. The van der Waals surface area contributed by atoms with Crippen molar-refractivity contribution < 1.29 is 18.8 Å². The van der Waals surface area contributed by atoms with Gasteiger partial charge in [0, 0.05) is 15.7 Å². The first-order chi connectivity index (χ1) is 16.9. The predicted molar refractivity (Wildman–Crippen MR) is 140 cm³/mol. The van der Waals surface area contributed by atoms with Gasteiger partial charge < -0.3 is 9.73 Å². The summed E-state index contributed by atoms with van der Waals surface area (Å²) < 4.78 is 6.61. The number of nitrogens with zero attached hydrogens (tertiary/aromatic N) is 1. The van der Waals surface area contributed by atoms with Crippen LogP contribution in [0.1, 0.15) is 31.3 Å². The van der Waals surface area contributed by atoms with Gasteiger partial charge in [0.05, 0.1) is 16.8 Å². The van der Waals surface area contributed by atoms with Crippen molar-refractivity contribution in [3.63, 3.8) is 0 Å². The highest BCUT2D eigenvalue weighted by atomic mass is 79.9. The Balaban J connectivity index is 1.26. The van der Waals surface area contributed by atoms with Crippen LogP contribution in [0, 0.1) is 0 Å². The van der Waals surface area contributed by atoms with Crippen molar-refractivity contribution in [1.29, 1.82) is 0 Å². The van der Waals surface area contributed by atoms with Crippen molar-refractivity contribution >= 4 is 62.4 Å². The van der Waals surface area contributed by atoms with Crippen LogP contribution in [0.15, 0.2) is 93.8 Å². The van der Waals surface area contributed by atoms with Gasteiger partial charge in [0.15, 0.2) is 10.9 Å². The average Bonchev–Trinajstić information content (AvgIpc) is 3.44. The lowest BCUT2D eigenvalue weighted by molar-refractivity contribution is 0.0922. The highest BCUT2D eigenvalue weighted by Gasteiger charge is 2.36. The third-order valence-corrected chi connectivity index (χ3v) is 6.07. The molecule has 0 saturated heterocycles. The zero-order chi connectivity index (χ0) is 24.5. The van der Waals surface area contributed by atoms with Crippen molar-refractivity contribution in [1.82, 2.24) is 5.32 Å². The maximum Gasteiger partial charge on any atom is 0.293 e. The van der Waals surface area contributed by atoms with Gasteiger partial charge >= 0.3 is 0 Å². The number of rotatable bonds is 4. The number of halogens is 1. The fraction of sp³-hybridized carbons (Fsp3) is 0. The second-order valence-electron chi connectivity index (χ2n) is 7.62. The van der Waals surface area contributed by atoms with Gasteiger partial charge in [0.1, 0.15) is 5.76 Å². The molecule has 1 aromatic heterocycles. The van der Waals surface area contributed by atoms with Crippen LogP contribution in [0.5, 0.6) is 0 Å². The SMILES string of the molecule is O=C(NC(=S)Nc1cccc(N2C(=O)c3ccccc3C2=O)c1)c1ccc(-c2ccc(Br)cc2)o1. The van der Waals surface area contributed by atoms with Gasteiger partial charge in [-0.1, -0.05) is 46.3 Å². The number of fused-ring (bicyclic) bond motifs is 1. The van der Waals surface area contributed by atoms with Gasteiger partial charge in [-0.15, -0.1) is 0 Å². The van der Waals surface area contributed by atoms with Crippen LogP contribution >= 0.6 is 28.1 Å². The third-order valence-electron chi connectivity index (χ3n) is 5.34. The van der Waals surface area contributed by atoms with Crippen LogP contribution in [0.4, 0.5) is 11.4 Å². The summed E-state index contributed by atoms with van der Waals surface area (Å²) in [5.74, 6) is -0.638. The zero-order valence-electron chi connectivity index (χ0n) is 17.9. The lowest BCUT2D eigenvalue weighted by Gasteiger charge is -2.16. The third kappa shape index (κ3) is 4.51. The number of hydrogen-bond donors (Lipinski definition) is 2. The second kappa shape index (κ2) is 9.28. The highest BCUT2D eigenvalue weighted by Crippen LogP contribution is 2.30. The molecular weight excluding hydrogens is 530 g/mol. The lowest BCUT2D eigenvalue weighted by Crippen LogP contribution is -2.34. The van der Waals surface area contributed by atoms with Crippen molar-refractivity contribution in [3.8, 4) is 11.3 Å². The zero-order valence-corrected chi connectivity index (χ0v) is 20.4. The van der Waals surface area contributed by atoms with E-state index < -0.39 is 17.7 Å². The molecule has 7 nitrogen and oxygen atoms in total. The van der Waals surface area contributed by atoms with Gasteiger partial charge in [0.2, 0.25) is 0 Å². The summed E-state index contributed by atoms with van der Waals surface area (Å²) in [6.45, 7) is 0. The molecule has 2 N–H and O–H groups in total. The smallest absolute Gasteiger partial charge is 0.293 e. The van der Waals surface area contributed by atoms with Gasteiger partial charge in [-0.05, 0) is 66.8 Å². The fourth-order valence-corrected chi connectivity index (χ4v) is 4.18. The molecule has 1 aliphatic heterocycles. The maximum atomic E-state index is 12.8. The molecule has 0 aliphatic carbocycles. The van der Waals surface area contributed by atoms with E-state index in [1.165, 1.54) is 0 Å². The first-order valence-electron chi connectivity index (χ1n) is 10.5. The van der Waals surface area contributed by atoms with Crippen molar-refractivity contribution in [2.75, 3.05) is 10.2 Å². The minimum Gasteiger partial charge on any atom is -0.451 e. The molecule has 0 unspecified atom stereocenters. The number of thiocarbonyl (C=S) groups is 1. The van der Waals surface area contributed by atoms with E-state index in [9.17, 15) is 14.4 Å². The number of nitrogens with one attached hydrogen (secondary N) is 2. The Morgan fingerprint density at radius 3 is 2.23 bits per heavy atom. The minimum atomic E-state index is -0.512. The van der Waals surface area contributed by atoms with Gasteiger partial charge in [-0.2, -0.15) is 0 Å². The fourth-order valence-electron chi connectivity index (χ4n) is 3.70. The minimum absolute atomic E-state index is 0.0381. The Bertz CT molecular complexity index is 1460. The molecular formula is C26H16BrN3O4S. The first kappa shape index (κ1) is 22.7. The quantitative estimate of drug-likeness (QED) is 0.255. The van der Waals surface area contributed by atoms with Crippen LogP contribution in [0.2, 0.25) is 0 Å². The molecule has 2 heterocycles. The summed E-state index contributed by atoms with van der Waals surface area (Å²) >= 11 is 8.66. The molecule has 172 valence electrons. The van der Waals surface area contributed by atoms with E-state index in [4.69, 9.17) is 16.6 Å². The summed E-state index contributed by atoms with van der Waals surface area (Å²) in [6, 6.07) is 24.1. The average molecular weight is 546 g/mol. The Morgan fingerprint density at radius 2 is 1.54 bits per heavy atom. The molecule has 0 bridgehead atoms. The molecule has 3 aromatic carbocycles. The Morgan fingerprint density at radius 1 is 0.857 bits per heavy atom. The largest absolute Gasteiger partial charge is 0.451 e. The number of anilines is 2. The van der Waals surface area contributed by atoms with E-state index in [0.717, 1.165) is 14.9 Å². The number of furan rings is 1. The highest BCUT2D eigenvalue weighted by molar-refractivity contribution is 9.10. The molecule has 1 aliphatic rings. The van der Waals surface area contributed by atoms with E-state index in [2.05, 4.69) is 26.6 Å². The van der Waals surface area contributed by atoms with Crippen LogP contribution in [0.25, 0.3) is 11.3 Å². The van der Waals surface area contributed by atoms with E-state index in [0.29, 0.717) is 28.3 Å². The van der Waals surface area contributed by atoms with E-state index in [-0.39, 0.29) is 10.9 Å². The molecule has 0 radical (unpaired) electrons. The number of carbonyl (C=O) groups is 3. The number of carbonyl (C=O) groups excluding carboxylic acids is 3. The van der Waals surface area contributed by atoms with E-state index >= 15 is 0 Å². The summed E-state index contributed by atoms with van der Waals surface area (Å²) in [4.78, 5) is 39.2. The monoisotopic (exact) mass is 545 g/mol. The normalized spacial score (nSPS) is 12.4. The Hall–Kier alpha value is -4.08. The number of amides is 3. The molecule has 35 heavy (non-hydrogen) atoms. The molecule has 9 heteroatoms. The van der Waals surface area contributed by atoms with Crippen LogP contribution in [0.3, 0.4) is 0 Å². The van der Waals surface area contributed by atoms with Crippen LogP contribution in [-0.4, -0.2) is 22.8 Å². The summed E-state index contributed by atoms with van der Waals surface area (Å²) in [6.07, 6.45) is 0. The maximum absolute atomic E-state index is 12.8.